The van der Waals surface area contributed by atoms with Crippen LogP contribution in [0, 0.1) is 0 Å². The molecule has 0 spiro atoms. The third-order valence-electron chi connectivity index (χ3n) is 12.8. The molecule has 0 aliphatic heterocycles. The van der Waals surface area contributed by atoms with Gasteiger partial charge in [0.25, 0.3) is 0 Å². The zero-order valence-electron chi connectivity index (χ0n) is 35.1. The van der Waals surface area contributed by atoms with Gasteiger partial charge in [0.15, 0.2) is 0 Å². The topological polar surface area (TPSA) is 8.17 Å². The standard InChI is InChI=1S/C62H42N2/c1-3-20-43(21-4-1)48-25-9-10-27-51(48)53-29-11-12-30-54(53)55-31-15-17-35-58(55)64(61-42-45-22-7-8-26-49(45)52-28-13-14-32-56(52)61)47-40-38-44(39-41-47)50-34-19-37-60-62(50)57-33-16-18-36-59(57)63(60)46-23-5-2-6-24-46/h1-42H. The molecule has 1 heterocycles. The van der Waals surface area contributed by atoms with Gasteiger partial charge in [-0.1, -0.05) is 206 Å². The number of aromatic nitrogens is 1. The fourth-order valence-corrected chi connectivity index (χ4v) is 9.97. The van der Waals surface area contributed by atoms with Crippen LogP contribution in [0.1, 0.15) is 0 Å². The van der Waals surface area contributed by atoms with E-state index in [0.29, 0.717) is 0 Å². The second kappa shape index (κ2) is 15.8. The molecule has 0 atom stereocenters. The molecule has 12 aromatic rings. The normalized spacial score (nSPS) is 11.4. The lowest BCUT2D eigenvalue weighted by atomic mass is 9.88. The lowest BCUT2D eigenvalue weighted by molar-refractivity contribution is 1.18. The summed E-state index contributed by atoms with van der Waals surface area (Å²) < 4.78 is 2.39. The van der Waals surface area contributed by atoms with Crippen LogP contribution in [0.4, 0.5) is 17.1 Å². The molecular formula is C62H42N2. The smallest absolute Gasteiger partial charge is 0.0547 e. The number of benzene rings is 11. The molecule has 0 unspecified atom stereocenters. The maximum absolute atomic E-state index is 2.48. The maximum Gasteiger partial charge on any atom is 0.0547 e. The molecule has 0 aliphatic carbocycles. The molecule has 0 saturated carbocycles. The Morgan fingerprint density at radius 1 is 0.281 bits per heavy atom. The Kier molecular flexibility index (Phi) is 9.20. The van der Waals surface area contributed by atoms with Crippen molar-refractivity contribution in [3.63, 3.8) is 0 Å². The van der Waals surface area contributed by atoms with E-state index in [2.05, 4.69) is 264 Å². The van der Waals surface area contributed by atoms with Gasteiger partial charge < -0.3 is 9.47 Å². The van der Waals surface area contributed by atoms with Gasteiger partial charge in [0.1, 0.15) is 0 Å². The molecule has 0 fully saturated rings. The molecule has 0 bridgehead atoms. The average Bonchev–Trinajstić information content (AvgIpc) is 3.72. The lowest BCUT2D eigenvalue weighted by Gasteiger charge is -2.30. The average molecular weight is 815 g/mol. The Bertz CT molecular complexity index is 3660. The zero-order valence-corrected chi connectivity index (χ0v) is 35.1. The van der Waals surface area contributed by atoms with E-state index >= 15 is 0 Å². The van der Waals surface area contributed by atoms with E-state index in [-0.39, 0.29) is 0 Å². The monoisotopic (exact) mass is 814 g/mol. The lowest BCUT2D eigenvalue weighted by Crippen LogP contribution is -2.12. The summed E-state index contributed by atoms with van der Waals surface area (Å²) in [7, 11) is 0. The fourth-order valence-electron chi connectivity index (χ4n) is 9.97. The summed E-state index contributed by atoms with van der Waals surface area (Å²) in [6.45, 7) is 0. The molecule has 0 radical (unpaired) electrons. The first-order valence-electron chi connectivity index (χ1n) is 22.0. The molecule has 64 heavy (non-hydrogen) atoms. The highest BCUT2D eigenvalue weighted by Crippen LogP contribution is 2.48. The molecular weight excluding hydrogens is 773 g/mol. The number of rotatable bonds is 8. The van der Waals surface area contributed by atoms with E-state index in [1.165, 1.54) is 82.3 Å². The Labute approximate surface area is 373 Å². The zero-order chi connectivity index (χ0) is 42.4. The van der Waals surface area contributed by atoms with Crippen molar-refractivity contribution in [2.45, 2.75) is 0 Å². The highest BCUT2D eigenvalue weighted by Gasteiger charge is 2.23. The maximum atomic E-state index is 2.48. The van der Waals surface area contributed by atoms with E-state index < -0.39 is 0 Å². The molecule has 0 N–H and O–H groups in total. The predicted molar refractivity (Wildman–Crippen MR) is 272 cm³/mol. The molecule has 0 amide bonds. The van der Waals surface area contributed by atoms with Gasteiger partial charge in [-0.15, -0.1) is 0 Å². The van der Waals surface area contributed by atoms with E-state index in [0.717, 1.165) is 28.3 Å². The molecule has 2 nitrogen and oxygen atoms in total. The van der Waals surface area contributed by atoms with Crippen molar-refractivity contribution in [3.8, 4) is 50.2 Å². The second-order valence-electron chi connectivity index (χ2n) is 16.4. The molecule has 300 valence electrons. The van der Waals surface area contributed by atoms with E-state index in [4.69, 9.17) is 0 Å². The van der Waals surface area contributed by atoms with Gasteiger partial charge in [0.05, 0.1) is 22.4 Å². The number of nitrogens with zero attached hydrogens (tertiary/aromatic N) is 2. The van der Waals surface area contributed by atoms with Crippen molar-refractivity contribution in [1.82, 2.24) is 4.57 Å². The summed E-state index contributed by atoms with van der Waals surface area (Å²) in [5.74, 6) is 0. The summed E-state index contributed by atoms with van der Waals surface area (Å²) in [6.07, 6.45) is 0. The van der Waals surface area contributed by atoms with Gasteiger partial charge in [-0.3, -0.25) is 0 Å². The first-order valence-corrected chi connectivity index (χ1v) is 22.0. The largest absolute Gasteiger partial charge is 0.309 e. The highest BCUT2D eigenvalue weighted by atomic mass is 15.1. The van der Waals surface area contributed by atoms with Crippen molar-refractivity contribution in [2.75, 3.05) is 4.90 Å². The van der Waals surface area contributed by atoms with Crippen LogP contribution in [0.15, 0.2) is 255 Å². The van der Waals surface area contributed by atoms with Gasteiger partial charge >= 0.3 is 0 Å². The van der Waals surface area contributed by atoms with Crippen LogP contribution in [-0.4, -0.2) is 4.57 Å². The highest BCUT2D eigenvalue weighted by molar-refractivity contribution is 6.17. The molecule has 0 saturated heterocycles. The molecule has 0 aliphatic rings. The summed E-state index contributed by atoms with van der Waals surface area (Å²) in [6, 6.07) is 92.7. The number of fused-ring (bicyclic) bond motifs is 6. The SMILES string of the molecule is c1ccc(-c2ccccc2-c2ccccc2-c2ccccc2N(c2ccc(-c3cccc4c3c3ccccc3n4-c3ccccc3)cc2)c2cc3ccccc3c3ccccc23)cc1. The number of hydrogen-bond donors (Lipinski definition) is 0. The van der Waals surface area contributed by atoms with Crippen LogP contribution in [0.5, 0.6) is 0 Å². The fraction of sp³-hybridized carbons (Fsp3) is 0. The van der Waals surface area contributed by atoms with Gasteiger partial charge in [-0.2, -0.15) is 0 Å². The van der Waals surface area contributed by atoms with Crippen molar-refractivity contribution in [1.29, 1.82) is 0 Å². The summed E-state index contributed by atoms with van der Waals surface area (Å²) in [4.78, 5) is 2.48. The van der Waals surface area contributed by atoms with Crippen molar-refractivity contribution < 1.29 is 0 Å². The minimum Gasteiger partial charge on any atom is -0.309 e. The van der Waals surface area contributed by atoms with E-state index in [1.54, 1.807) is 0 Å². The van der Waals surface area contributed by atoms with Gasteiger partial charge in [0.2, 0.25) is 0 Å². The van der Waals surface area contributed by atoms with Crippen LogP contribution in [0.3, 0.4) is 0 Å². The van der Waals surface area contributed by atoms with Crippen LogP contribution in [0.2, 0.25) is 0 Å². The molecule has 11 aromatic carbocycles. The number of hydrogen-bond acceptors (Lipinski definition) is 1. The van der Waals surface area contributed by atoms with Gasteiger partial charge in [-0.05, 0) is 104 Å². The third-order valence-corrected chi connectivity index (χ3v) is 12.8. The Morgan fingerprint density at radius 2 is 0.781 bits per heavy atom. The Hall–Kier alpha value is -8.46. The van der Waals surface area contributed by atoms with Crippen molar-refractivity contribution >= 4 is 60.4 Å². The summed E-state index contributed by atoms with van der Waals surface area (Å²) in [5.41, 5.74) is 16.4. The van der Waals surface area contributed by atoms with E-state index in [1.807, 2.05) is 0 Å². The Balaban J connectivity index is 1.07. The Morgan fingerprint density at radius 3 is 1.53 bits per heavy atom. The van der Waals surface area contributed by atoms with Crippen LogP contribution in [0.25, 0.3) is 93.5 Å². The quantitative estimate of drug-likeness (QED) is 0.139. The van der Waals surface area contributed by atoms with Crippen LogP contribution in [-0.2, 0) is 0 Å². The first-order chi connectivity index (χ1) is 31.8. The molecule has 1 aromatic heterocycles. The second-order valence-corrected chi connectivity index (χ2v) is 16.4. The molecule has 12 rings (SSSR count). The minimum atomic E-state index is 1.08. The van der Waals surface area contributed by atoms with Crippen LogP contribution < -0.4 is 4.90 Å². The number of anilines is 3. The third kappa shape index (κ3) is 6.27. The van der Waals surface area contributed by atoms with Gasteiger partial charge in [-0.25, -0.2) is 0 Å². The molecule has 2 heteroatoms. The van der Waals surface area contributed by atoms with Crippen molar-refractivity contribution in [3.05, 3.63) is 255 Å². The van der Waals surface area contributed by atoms with Crippen LogP contribution >= 0.6 is 0 Å². The summed E-state index contributed by atoms with van der Waals surface area (Å²) in [5, 5.41) is 7.37. The van der Waals surface area contributed by atoms with Crippen molar-refractivity contribution in [2.24, 2.45) is 0 Å². The number of para-hydroxylation sites is 3. The predicted octanol–water partition coefficient (Wildman–Crippen LogP) is 17.2. The summed E-state index contributed by atoms with van der Waals surface area (Å²) >= 11 is 0. The first kappa shape index (κ1) is 37.3. The minimum absolute atomic E-state index is 1.08. The van der Waals surface area contributed by atoms with Gasteiger partial charge in [0, 0.05) is 33.1 Å². The van der Waals surface area contributed by atoms with E-state index in [9.17, 15) is 0 Å².